The van der Waals surface area contributed by atoms with Crippen molar-refractivity contribution in [2.75, 3.05) is 0 Å². The Kier molecular flexibility index (Phi) is 3.22. The summed E-state index contributed by atoms with van der Waals surface area (Å²) in [5.41, 5.74) is 5.94. The smallest absolute Gasteiger partial charge is 0.241 e. The maximum absolute atomic E-state index is 11.0. The Morgan fingerprint density at radius 3 is 2.88 bits per heavy atom. The molecule has 86 valence electrons. The van der Waals surface area contributed by atoms with E-state index in [9.17, 15) is 4.79 Å². The van der Waals surface area contributed by atoms with Crippen molar-refractivity contribution in [3.8, 4) is 16.6 Å². The molecular formula is C11H9N3OS2. The number of rotatable bonds is 3. The molecule has 2 heterocycles. The average molecular weight is 263 g/mol. The number of aromatic nitrogens is 1. The first kappa shape index (κ1) is 11.8. The van der Waals surface area contributed by atoms with Crippen LogP contribution in [-0.2, 0) is 4.79 Å². The first-order chi connectivity index (χ1) is 8.11. The van der Waals surface area contributed by atoms with E-state index in [2.05, 4.69) is 4.98 Å². The highest BCUT2D eigenvalue weighted by Gasteiger charge is 2.21. The quantitative estimate of drug-likeness (QED) is 0.922. The summed E-state index contributed by atoms with van der Waals surface area (Å²) in [7, 11) is 0. The molecule has 2 rings (SSSR count). The lowest BCUT2D eigenvalue weighted by Crippen LogP contribution is -2.19. The minimum absolute atomic E-state index is 0.459. The number of nitrogens with zero attached hydrogens (tertiary/aromatic N) is 2. The molecule has 1 atom stereocenters. The molecule has 4 nitrogen and oxygen atoms in total. The first-order valence-corrected chi connectivity index (χ1v) is 6.52. The van der Waals surface area contributed by atoms with Crippen LogP contribution in [0.2, 0.25) is 0 Å². The predicted molar refractivity (Wildman–Crippen MR) is 67.7 cm³/mol. The van der Waals surface area contributed by atoms with Crippen LogP contribution in [0.4, 0.5) is 0 Å². The lowest BCUT2D eigenvalue weighted by molar-refractivity contribution is -0.118. The van der Waals surface area contributed by atoms with Crippen molar-refractivity contribution in [1.82, 2.24) is 4.98 Å². The van der Waals surface area contributed by atoms with Gasteiger partial charge in [0, 0.05) is 10.3 Å². The van der Waals surface area contributed by atoms with E-state index in [0.29, 0.717) is 5.01 Å². The molecule has 0 saturated carbocycles. The van der Waals surface area contributed by atoms with Gasteiger partial charge in [0.15, 0.2) is 5.92 Å². The molecule has 0 aliphatic carbocycles. The Hall–Kier alpha value is -1.71. The molecule has 17 heavy (non-hydrogen) atoms. The van der Waals surface area contributed by atoms with Gasteiger partial charge in [-0.2, -0.15) is 5.26 Å². The van der Waals surface area contributed by atoms with Crippen LogP contribution in [0.25, 0.3) is 10.6 Å². The summed E-state index contributed by atoms with van der Waals surface area (Å²) in [5, 5.41) is 11.2. The molecule has 0 aliphatic rings. The molecule has 0 fully saturated rings. The number of amides is 1. The van der Waals surface area contributed by atoms with Gasteiger partial charge in [0.2, 0.25) is 5.91 Å². The summed E-state index contributed by atoms with van der Waals surface area (Å²) >= 11 is 2.91. The Morgan fingerprint density at radius 1 is 1.59 bits per heavy atom. The van der Waals surface area contributed by atoms with Crippen LogP contribution < -0.4 is 5.73 Å². The van der Waals surface area contributed by atoms with E-state index >= 15 is 0 Å². The fourth-order valence-electron chi connectivity index (χ4n) is 1.35. The zero-order valence-corrected chi connectivity index (χ0v) is 10.6. The van der Waals surface area contributed by atoms with Gasteiger partial charge in [-0.25, -0.2) is 4.98 Å². The fraction of sp³-hybridized carbons (Fsp3) is 0.182. The minimum atomic E-state index is -0.949. The monoisotopic (exact) mass is 263 g/mol. The molecule has 2 N–H and O–H groups in total. The predicted octanol–water partition coefficient (Wildman–Crippen LogP) is 2.27. The van der Waals surface area contributed by atoms with Crippen molar-refractivity contribution in [3.63, 3.8) is 0 Å². The SMILES string of the molecule is Cc1ccc(-c2csc(C(C#N)C(N)=O)n2)s1. The number of carbonyl (C=O) groups excluding carboxylic acids is 1. The normalized spacial score (nSPS) is 12.0. The van der Waals surface area contributed by atoms with E-state index in [1.165, 1.54) is 16.2 Å². The molecular weight excluding hydrogens is 254 g/mol. The minimum Gasteiger partial charge on any atom is -0.368 e. The van der Waals surface area contributed by atoms with Crippen LogP contribution in [0.1, 0.15) is 15.8 Å². The van der Waals surface area contributed by atoms with Crippen LogP contribution >= 0.6 is 22.7 Å². The second-order valence-corrected chi connectivity index (χ2v) is 5.62. The fourth-order valence-corrected chi connectivity index (χ4v) is 3.12. The molecule has 1 amide bonds. The van der Waals surface area contributed by atoms with Gasteiger partial charge in [0.05, 0.1) is 16.6 Å². The van der Waals surface area contributed by atoms with Crippen LogP contribution in [-0.4, -0.2) is 10.9 Å². The second kappa shape index (κ2) is 4.65. The maximum atomic E-state index is 11.0. The second-order valence-electron chi connectivity index (χ2n) is 3.45. The molecule has 2 aromatic rings. The van der Waals surface area contributed by atoms with Crippen molar-refractivity contribution in [1.29, 1.82) is 5.26 Å². The van der Waals surface area contributed by atoms with Crippen LogP contribution in [0.15, 0.2) is 17.5 Å². The van der Waals surface area contributed by atoms with Gasteiger partial charge >= 0.3 is 0 Å². The number of hydrogen-bond acceptors (Lipinski definition) is 5. The summed E-state index contributed by atoms with van der Waals surface area (Å²) in [5.74, 6) is -1.61. The van der Waals surface area contributed by atoms with Gasteiger partial charge in [0.1, 0.15) is 5.01 Å². The molecule has 1 unspecified atom stereocenters. The highest BCUT2D eigenvalue weighted by molar-refractivity contribution is 7.16. The third-order valence-electron chi connectivity index (χ3n) is 2.18. The number of thiophene rings is 1. The van der Waals surface area contributed by atoms with E-state index in [1.807, 2.05) is 30.5 Å². The summed E-state index contributed by atoms with van der Waals surface area (Å²) in [6.45, 7) is 2.02. The van der Waals surface area contributed by atoms with E-state index < -0.39 is 11.8 Å². The Labute approximate surface area is 106 Å². The number of primary amides is 1. The number of aryl methyl sites for hydroxylation is 1. The number of hydrogen-bond donors (Lipinski definition) is 1. The van der Waals surface area contributed by atoms with Crippen molar-refractivity contribution in [3.05, 3.63) is 27.4 Å². The molecule has 0 bridgehead atoms. The zero-order valence-electron chi connectivity index (χ0n) is 9.01. The molecule has 0 aromatic carbocycles. The molecule has 2 aromatic heterocycles. The maximum Gasteiger partial charge on any atom is 0.241 e. The Bertz CT molecular complexity index is 594. The molecule has 0 spiro atoms. The standard InChI is InChI=1S/C11H9N3OS2/c1-6-2-3-9(17-6)8-5-16-11(14-8)7(4-12)10(13)15/h2-3,5,7H,1H3,(H2,13,15). The first-order valence-electron chi connectivity index (χ1n) is 4.83. The topological polar surface area (TPSA) is 79.8 Å². The highest BCUT2D eigenvalue weighted by Crippen LogP contribution is 2.30. The Balaban J connectivity index is 2.34. The summed E-state index contributed by atoms with van der Waals surface area (Å²) in [6, 6.07) is 5.85. The third kappa shape index (κ3) is 2.35. The van der Waals surface area contributed by atoms with Crippen LogP contribution in [0.3, 0.4) is 0 Å². The lowest BCUT2D eigenvalue weighted by Gasteiger charge is -1.97. The zero-order chi connectivity index (χ0) is 12.4. The number of nitrogens with two attached hydrogens (primary N) is 1. The van der Waals surface area contributed by atoms with Crippen molar-refractivity contribution < 1.29 is 4.79 Å². The number of carbonyl (C=O) groups is 1. The summed E-state index contributed by atoms with van der Waals surface area (Å²) in [6.07, 6.45) is 0. The van der Waals surface area contributed by atoms with Gasteiger partial charge < -0.3 is 5.73 Å². The Morgan fingerprint density at radius 2 is 2.35 bits per heavy atom. The van der Waals surface area contributed by atoms with Crippen molar-refractivity contribution in [2.24, 2.45) is 5.73 Å². The van der Waals surface area contributed by atoms with Crippen LogP contribution in [0.5, 0.6) is 0 Å². The number of thiazole rings is 1. The number of nitriles is 1. The molecule has 6 heteroatoms. The van der Waals surface area contributed by atoms with Gasteiger partial charge in [-0.05, 0) is 19.1 Å². The van der Waals surface area contributed by atoms with Gasteiger partial charge in [-0.3, -0.25) is 4.79 Å². The van der Waals surface area contributed by atoms with E-state index in [4.69, 9.17) is 11.0 Å². The largest absolute Gasteiger partial charge is 0.368 e. The van der Waals surface area contributed by atoms with E-state index in [0.717, 1.165) is 10.6 Å². The van der Waals surface area contributed by atoms with E-state index in [1.54, 1.807) is 11.3 Å². The summed E-state index contributed by atoms with van der Waals surface area (Å²) < 4.78 is 0. The summed E-state index contributed by atoms with van der Waals surface area (Å²) in [4.78, 5) is 17.6. The van der Waals surface area contributed by atoms with Gasteiger partial charge in [-0.15, -0.1) is 22.7 Å². The molecule has 0 saturated heterocycles. The average Bonchev–Trinajstić information content (AvgIpc) is 2.87. The highest BCUT2D eigenvalue weighted by atomic mass is 32.1. The third-order valence-corrected chi connectivity index (χ3v) is 4.11. The lowest BCUT2D eigenvalue weighted by atomic mass is 10.2. The molecule has 0 radical (unpaired) electrons. The molecule has 0 aliphatic heterocycles. The van der Waals surface area contributed by atoms with Crippen LogP contribution in [0, 0.1) is 18.3 Å². The van der Waals surface area contributed by atoms with Crippen molar-refractivity contribution in [2.45, 2.75) is 12.8 Å². The van der Waals surface area contributed by atoms with Gasteiger partial charge in [0.25, 0.3) is 0 Å². The van der Waals surface area contributed by atoms with E-state index in [-0.39, 0.29) is 0 Å². The van der Waals surface area contributed by atoms with Gasteiger partial charge in [-0.1, -0.05) is 0 Å². The van der Waals surface area contributed by atoms with Crippen molar-refractivity contribution >= 4 is 28.6 Å².